The number of fused-ring (bicyclic) bond motifs is 2. The van der Waals surface area contributed by atoms with Crippen molar-refractivity contribution >= 4 is 81.1 Å². The first-order valence-electron chi connectivity index (χ1n) is 14.0. The molecule has 0 aliphatic heterocycles. The van der Waals surface area contributed by atoms with E-state index in [2.05, 4.69) is 50.7 Å². The van der Waals surface area contributed by atoms with Crippen molar-refractivity contribution < 1.29 is 28.7 Å². The predicted octanol–water partition coefficient (Wildman–Crippen LogP) is 6.45. The molecule has 0 saturated heterocycles. The Balaban J connectivity index is 1.03. The molecular weight excluding hydrogens is 624 g/mol. The highest BCUT2D eigenvalue weighted by molar-refractivity contribution is 7.99. The van der Waals surface area contributed by atoms with Crippen molar-refractivity contribution in [3.05, 3.63) is 96.1 Å². The fourth-order valence-corrected chi connectivity index (χ4v) is 5.28. The van der Waals surface area contributed by atoms with Crippen molar-refractivity contribution in [3.8, 4) is 0 Å². The van der Waals surface area contributed by atoms with Gasteiger partial charge in [-0.15, -0.1) is 0 Å². The van der Waals surface area contributed by atoms with Crippen molar-refractivity contribution in [2.45, 2.75) is 9.79 Å². The van der Waals surface area contributed by atoms with Crippen molar-refractivity contribution in [1.82, 2.24) is 19.9 Å². The molecule has 6 rings (SSSR count). The van der Waals surface area contributed by atoms with Crippen molar-refractivity contribution in [2.75, 3.05) is 35.5 Å². The van der Waals surface area contributed by atoms with Crippen LogP contribution in [-0.2, 0) is 9.47 Å². The summed E-state index contributed by atoms with van der Waals surface area (Å²) in [5, 5.41) is 10.7. The van der Waals surface area contributed by atoms with Gasteiger partial charge in [0, 0.05) is 32.3 Å². The zero-order valence-corrected chi connectivity index (χ0v) is 25.7. The van der Waals surface area contributed by atoms with Crippen LogP contribution in [0, 0.1) is 0 Å². The summed E-state index contributed by atoms with van der Waals surface area (Å²) in [4.78, 5) is 64.9. The van der Waals surface area contributed by atoms with Crippen LogP contribution in [0.15, 0.2) is 94.7 Å². The Morgan fingerprint density at radius 3 is 1.36 bits per heavy atom. The number of carbonyl (C=O) groups is 4. The van der Waals surface area contributed by atoms with Gasteiger partial charge in [0.15, 0.2) is 0 Å². The van der Waals surface area contributed by atoms with Gasteiger partial charge >= 0.3 is 12.2 Å². The number of benzene rings is 4. The highest BCUT2D eigenvalue weighted by atomic mass is 32.2. The Morgan fingerprint density at radius 1 is 0.574 bits per heavy atom. The molecule has 0 aliphatic carbocycles. The van der Waals surface area contributed by atoms with E-state index >= 15 is 0 Å². The monoisotopic (exact) mass is 650 g/mol. The van der Waals surface area contributed by atoms with E-state index in [-0.39, 0.29) is 23.7 Å². The van der Waals surface area contributed by atoms with Crippen molar-refractivity contribution in [3.63, 3.8) is 0 Å². The molecule has 2 aromatic heterocycles. The molecule has 0 fully saturated rings. The summed E-state index contributed by atoms with van der Waals surface area (Å²) >= 11 is 1.53. The first-order chi connectivity index (χ1) is 22.8. The molecule has 15 heteroatoms. The first kappa shape index (κ1) is 30.7. The largest absolute Gasteiger partial charge is 0.453 e. The van der Waals surface area contributed by atoms with E-state index < -0.39 is 12.2 Å². The second kappa shape index (κ2) is 13.3. The lowest BCUT2D eigenvalue weighted by Gasteiger charge is -2.08. The third-order valence-corrected chi connectivity index (χ3v) is 7.78. The molecule has 4 aromatic carbocycles. The normalized spacial score (nSPS) is 10.8. The van der Waals surface area contributed by atoms with Crippen LogP contribution in [0.2, 0.25) is 0 Å². The Morgan fingerprint density at radius 2 is 0.979 bits per heavy atom. The maximum absolute atomic E-state index is 12.9. The lowest BCUT2D eigenvalue weighted by Crippen LogP contribution is -2.12. The average molecular weight is 651 g/mol. The van der Waals surface area contributed by atoms with Gasteiger partial charge in [-0.1, -0.05) is 11.8 Å². The molecule has 2 heterocycles. The summed E-state index contributed by atoms with van der Waals surface area (Å²) in [5.74, 6) is -0.181. The van der Waals surface area contributed by atoms with E-state index in [0.717, 1.165) is 9.79 Å². The van der Waals surface area contributed by atoms with Gasteiger partial charge in [0.05, 0.1) is 36.3 Å². The van der Waals surface area contributed by atoms with Gasteiger partial charge in [0.1, 0.15) is 0 Å². The minimum Gasteiger partial charge on any atom is -0.453 e. The lowest BCUT2D eigenvalue weighted by atomic mass is 10.2. The number of imidazole rings is 2. The Hall–Kier alpha value is -6.35. The number of hydrogen-bond acceptors (Lipinski definition) is 9. The minimum absolute atomic E-state index is 0.215. The molecule has 0 saturated carbocycles. The zero-order valence-electron chi connectivity index (χ0n) is 24.8. The summed E-state index contributed by atoms with van der Waals surface area (Å²) < 4.78 is 9.14. The van der Waals surface area contributed by atoms with Gasteiger partial charge < -0.3 is 30.1 Å². The number of rotatable bonds is 8. The second-order valence-electron chi connectivity index (χ2n) is 9.93. The van der Waals surface area contributed by atoms with Gasteiger partial charge in [0.2, 0.25) is 11.9 Å². The number of carbonyl (C=O) groups excluding carboxylic acids is 4. The third kappa shape index (κ3) is 7.32. The number of hydrogen-bond donors (Lipinski definition) is 6. The highest BCUT2D eigenvalue weighted by Gasteiger charge is 2.13. The molecule has 0 bridgehead atoms. The van der Waals surface area contributed by atoms with Gasteiger partial charge in [-0.05, 0) is 84.9 Å². The summed E-state index contributed by atoms with van der Waals surface area (Å²) in [5.41, 5.74) is 4.40. The summed E-state index contributed by atoms with van der Waals surface area (Å²) in [6.07, 6.45) is -1.31. The van der Waals surface area contributed by atoms with E-state index in [9.17, 15) is 19.2 Å². The fraction of sp³-hybridized carbons (Fsp3) is 0.0625. The molecule has 0 atom stereocenters. The predicted molar refractivity (Wildman–Crippen MR) is 177 cm³/mol. The average Bonchev–Trinajstić information content (AvgIpc) is 3.68. The summed E-state index contributed by atoms with van der Waals surface area (Å²) in [6.45, 7) is 0. The number of amides is 4. The quantitative estimate of drug-likeness (QED) is 0.107. The molecule has 0 spiro atoms. The van der Waals surface area contributed by atoms with Crippen LogP contribution in [0.4, 0.5) is 32.9 Å². The molecular formula is C32H26N8O6S. The summed E-state index contributed by atoms with van der Waals surface area (Å²) in [6, 6.07) is 24.8. The molecule has 6 aromatic rings. The maximum atomic E-state index is 12.9. The van der Waals surface area contributed by atoms with Crippen LogP contribution in [0.3, 0.4) is 0 Å². The van der Waals surface area contributed by atoms with Gasteiger partial charge in [-0.25, -0.2) is 19.6 Å². The van der Waals surface area contributed by atoms with Gasteiger partial charge in [-0.3, -0.25) is 20.2 Å². The topological polar surface area (TPSA) is 192 Å². The highest BCUT2D eigenvalue weighted by Crippen LogP contribution is 2.30. The number of aromatic amines is 2. The van der Waals surface area contributed by atoms with Gasteiger partial charge in [0.25, 0.3) is 11.8 Å². The van der Waals surface area contributed by atoms with Crippen LogP contribution in [0.25, 0.3) is 22.1 Å². The molecule has 0 unspecified atom stereocenters. The number of anilines is 4. The number of nitrogens with one attached hydrogen (secondary N) is 6. The van der Waals surface area contributed by atoms with E-state index in [4.69, 9.17) is 0 Å². The van der Waals surface area contributed by atoms with Crippen molar-refractivity contribution in [1.29, 1.82) is 0 Å². The first-order valence-corrected chi connectivity index (χ1v) is 14.8. The zero-order chi connectivity index (χ0) is 32.9. The Labute approximate surface area is 270 Å². The van der Waals surface area contributed by atoms with Gasteiger partial charge in [-0.2, -0.15) is 0 Å². The fourth-order valence-electron chi connectivity index (χ4n) is 4.46. The lowest BCUT2D eigenvalue weighted by molar-refractivity contribution is 0.101. The van der Waals surface area contributed by atoms with Crippen LogP contribution in [0.5, 0.6) is 0 Å². The molecule has 236 valence electrons. The van der Waals surface area contributed by atoms with Crippen LogP contribution >= 0.6 is 11.8 Å². The molecule has 0 radical (unpaired) electrons. The standard InChI is InChI=1S/C32H26N8O6S/c1-45-31(43)39-29-35-23-13-3-17(15-25(23)37-29)27(41)33-19-5-9-21(10-6-19)47-22-11-7-20(8-12-22)34-28(42)18-4-14-24-26(16-18)38-30(36-24)40-32(44)46-2/h3-16H,1-2H3,(H,33,41)(H,34,42)(H2,35,37,39,43)(H2,36,38,40,44). The van der Waals surface area contributed by atoms with Crippen LogP contribution in [0.1, 0.15) is 20.7 Å². The molecule has 14 nitrogen and oxygen atoms in total. The molecule has 4 amide bonds. The number of H-pyrrole nitrogens is 2. The molecule has 6 N–H and O–H groups in total. The number of aromatic nitrogens is 4. The van der Waals surface area contributed by atoms with E-state index in [1.54, 1.807) is 36.4 Å². The molecule has 47 heavy (non-hydrogen) atoms. The van der Waals surface area contributed by atoms with Crippen molar-refractivity contribution in [2.24, 2.45) is 0 Å². The number of ether oxygens (including phenoxy) is 2. The number of nitrogens with zero attached hydrogens (tertiary/aromatic N) is 2. The number of methoxy groups -OCH3 is 2. The second-order valence-corrected chi connectivity index (χ2v) is 11.1. The smallest absolute Gasteiger partial charge is 0.413 e. The third-order valence-electron chi connectivity index (χ3n) is 6.76. The van der Waals surface area contributed by atoms with E-state index in [1.807, 2.05) is 48.5 Å². The van der Waals surface area contributed by atoms with E-state index in [1.165, 1.54) is 26.0 Å². The Kier molecular flexibility index (Phi) is 8.70. The van der Waals surface area contributed by atoms with Crippen LogP contribution < -0.4 is 21.3 Å². The van der Waals surface area contributed by atoms with E-state index in [0.29, 0.717) is 44.6 Å². The van der Waals surface area contributed by atoms with Crippen LogP contribution in [-0.4, -0.2) is 58.2 Å². The maximum Gasteiger partial charge on any atom is 0.413 e. The Bertz CT molecular complexity index is 1970. The molecule has 0 aliphatic rings. The summed E-state index contributed by atoms with van der Waals surface area (Å²) in [7, 11) is 2.51. The SMILES string of the molecule is COC(=O)Nc1nc2cc(C(=O)Nc3ccc(Sc4ccc(NC(=O)c5ccc6[nH]c(NC(=O)OC)nc6c5)cc4)cc3)ccc2[nH]1. The minimum atomic E-state index is -0.654.